The van der Waals surface area contributed by atoms with E-state index < -0.39 is 0 Å². The van der Waals surface area contributed by atoms with Crippen LogP contribution in [-0.2, 0) is 24.4 Å². The van der Waals surface area contributed by atoms with E-state index >= 15 is 0 Å². The van der Waals surface area contributed by atoms with Crippen molar-refractivity contribution in [1.82, 2.24) is 24.5 Å². The van der Waals surface area contributed by atoms with Gasteiger partial charge in [0.05, 0.1) is 11.9 Å². The summed E-state index contributed by atoms with van der Waals surface area (Å²) in [5, 5.41) is 8.71. The van der Waals surface area contributed by atoms with Gasteiger partial charge in [0.2, 0.25) is 5.91 Å². The number of rotatable bonds is 6. The maximum Gasteiger partial charge on any atom is 0.224 e. The smallest absolute Gasteiger partial charge is 0.224 e. The predicted molar refractivity (Wildman–Crippen MR) is 85.4 cm³/mol. The summed E-state index contributed by atoms with van der Waals surface area (Å²) in [5.41, 5.74) is 4.40. The Bertz CT molecular complexity index is 656. The predicted octanol–water partition coefficient (Wildman–Crippen LogP) is 2.07. The van der Waals surface area contributed by atoms with Crippen LogP contribution in [0.25, 0.3) is 0 Å². The average Bonchev–Trinajstić information content (AvgIpc) is 3.02. The van der Waals surface area contributed by atoms with E-state index in [-0.39, 0.29) is 5.91 Å². The van der Waals surface area contributed by atoms with Crippen molar-refractivity contribution in [3.8, 4) is 0 Å². The van der Waals surface area contributed by atoms with Crippen molar-refractivity contribution in [2.75, 3.05) is 7.05 Å². The molecular weight excluding hydrogens is 278 g/mol. The van der Waals surface area contributed by atoms with Crippen molar-refractivity contribution in [2.24, 2.45) is 0 Å². The molecule has 1 amide bonds. The van der Waals surface area contributed by atoms with Crippen molar-refractivity contribution in [2.45, 2.75) is 53.8 Å². The van der Waals surface area contributed by atoms with Crippen LogP contribution in [0.5, 0.6) is 0 Å². The largest absolute Gasteiger partial charge is 0.341 e. The highest BCUT2D eigenvalue weighted by Gasteiger charge is 2.16. The summed E-state index contributed by atoms with van der Waals surface area (Å²) in [4.78, 5) is 14.1. The molecule has 0 aromatic carbocycles. The fourth-order valence-corrected chi connectivity index (χ4v) is 2.59. The third-order valence-corrected chi connectivity index (χ3v) is 3.97. The Morgan fingerprint density at radius 1 is 1.32 bits per heavy atom. The van der Waals surface area contributed by atoms with Crippen molar-refractivity contribution < 1.29 is 4.79 Å². The molecule has 0 spiro atoms. The molecule has 0 bridgehead atoms. The first-order valence-electron chi connectivity index (χ1n) is 7.68. The topological polar surface area (TPSA) is 56.0 Å². The minimum atomic E-state index is 0.121. The van der Waals surface area contributed by atoms with Crippen LogP contribution in [0.4, 0.5) is 0 Å². The van der Waals surface area contributed by atoms with Gasteiger partial charge in [-0.25, -0.2) is 0 Å². The average molecular weight is 303 g/mol. The summed E-state index contributed by atoms with van der Waals surface area (Å²) in [6.45, 7) is 10.2. The molecule has 0 saturated heterocycles. The summed E-state index contributed by atoms with van der Waals surface area (Å²) in [7, 11) is 1.85. The lowest BCUT2D eigenvalue weighted by Gasteiger charge is -2.17. The normalized spacial score (nSPS) is 11.0. The zero-order valence-electron chi connectivity index (χ0n) is 14.1. The Morgan fingerprint density at radius 3 is 2.59 bits per heavy atom. The highest BCUT2D eigenvalue weighted by atomic mass is 16.2. The van der Waals surface area contributed by atoms with E-state index in [0.717, 1.165) is 29.1 Å². The number of hydrogen-bond donors (Lipinski definition) is 0. The Balaban J connectivity index is 1.95. The summed E-state index contributed by atoms with van der Waals surface area (Å²) in [6, 6.07) is 0. The Labute approximate surface area is 131 Å². The molecule has 0 N–H and O–H groups in total. The van der Waals surface area contributed by atoms with Crippen molar-refractivity contribution in [1.29, 1.82) is 0 Å². The Kier molecular flexibility index (Phi) is 5.00. The van der Waals surface area contributed by atoms with Gasteiger partial charge in [-0.3, -0.25) is 14.2 Å². The lowest BCUT2D eigenvalue weighted by atomic mass is 10.2. The second kappa shape index (κ2) is 6.77. The summed E-state index contributed by atoms with van der Waals surface area (Å²) in [5.74, 6) is 0.121. The molecule has 0 aliphatic carbocycles. The zero-order chi connectivity index (χ0) is 16.3. The standard InChI is InChI=1S/C16H25N5O/c1-6-21-14(4)15(13(3)18-21)11-19(5)16(22)7-8-20-10-12(2)9-17-20/h9-10H,6-8,11H2,1-5H3. The summed E-state index contributed by atoms with van der Waals surface area (Å²) >= 11 is 0. The maximum atomic E-state index is 12.3. The first-order valence-corrected chi connectivity index (χ1v) is 7.68. The van der Waals surface area contributed by atoms with E-state index in [1.165, 1.54) is 0 Å². The Hall–Kier alpha value is -2.11. The van der Waals surface area contributed by atoms with Crippen LogP contribution in [-0.4, -0.2) is 37.4 Å². The molecule has 0 aliphatic heterocycles. The van der Waals surface area contributed by atoms with E-state index in [9.17, 15) is 4.79 Å². The van der Waals surface area contributed by atoms with Crippen LogP contribution < -0.4 is 0 Å². The van der Waals surface area contributed by atoms with Gasteiger partial charge in [-0.2, -0.15) is 10.2 Å². The monoisotopic (exact) mass is 303 g/mol. The second-order valence-electron chi connectivity index (χ2n) is 5.75. The first-order chi connectivity index (χ1) is 10.4. The minimum Gasteiger partial charge on any atom is -0.341 e. The van der Waals surface area contributed by atoms with Crippen LogP contribution in [0.3, 0.4) is 0 Å². The molecule has 0 unspecified atom stereocenters. The molecule has 0 atom stereocenters. The number of hydrogen-bond acceptors (Lipinski definition) is 3. The van der Waals surface area contributed by atoms with Crippen LogP contribution >= 0.6 is 0 Å². The fraction of sp³-hybridized carbons (Fsp3) is 0.562. The van der Waals surface area contributed by atoms with E-state index in [1.54, 1.807) is 11.1 Å². The van der Waals surface area contributed by atoms with Crippen molar-refractivity contribution in [3.63, 3.8) is 0 Å². The number of nitrogens with zero attached hydrogens (tertiary/aromatic N) is 5. The number of amides is 1. The third kappa shape index (κ3) is 3.55. The van der Waals surface area contributed by atoms with Gasteiger partial charge in [-0.15, -0.1) is 0 Å². The number of carbonyl (C=O) groups excluding carboxylic acids is 1. The van der Waals surface area contributed by atoms with Gasteiger partial charge in [0, 0.05) is 50.6 Å². The van der Waals surface area contributed by atoms with Crippen LogP contribution in [0.15, 0.2) is 12.4 Å². The van der Waals surface area contributed by atoms with Gasteiger partial charge < -0.3 is 4.90 Å². The zero-order valence-corrected chi connectivity index (χ0v) is 14.1. The van der Waals surface area contributed by atoms with Gasteiger partial charge in [0.15, 0.2) is 0 Å². The Morgan fingerprint density at radius 2 is 2.05 bits per heavy atom. The van der Waals surface area contributed by atoms with Crippen molar-refractivity contribution in [3.05, 3.63) is 34.9 Å². The van der Waals surface area contributed by atoms with E-state index in [0.29, 0.717) is 19.5 Å². The van der Waals surface area contributed by atoms with Gasteiger partial charge in [-0.05, 0) is 33.3 Å². The maximum absolute atomic E-state index is 12.3. The molecule has 2 aromatic heterocycles. The first kappa shape index (κ1) is 16.3. The molecule has 0 fully saturated rings. The molecule has 2 aromatic rings. The van der Waals surface area contributed by atoms with E-state index in [1.807, 2.05) is 36.5 Å². The van der Waals surface area contributed by atoms with Crippen LogP contribution in [0, 0.1) is 20.8 Å². The molecule has 2 rings (SSSR count). The highest BCUT2D eigenvalue weighted by Crippen LogP contribution is 2.15. The lowest BCUT2D eigenvalue weighted by molar-refractivity contribution is -0.130. The number of carbonyl (C=O) groups is 1. The van der Waals surface area contributed by atoms with Gasteiger partial charge in [0.1, 0.15) is 0 Å². The SMILES string of the molecule is CCn1nc(C)c(CN(C)C(=O)CCn2cc(C)cn2)c1C. The van der Waals surface area contributed by atoms with Gasteiger partial charge >= 0.3 is 0 Å². The summed E-state index contributed by atoms with van der Waals surface area (Å²) in [6.07, 6.45) is 4.21. The van der Waals surface area contributed by atoms with E-state index in [2.05, 4.69) is 24.0 Å². The van der Waals surface area contributed by atoms with E-state index in [4.69, 9.17) is 0 Å². The molecule has 0 aliphatic rings. The third-order valence-electron chi connectivity index (χ3n) is 3.97. The lowest BCUT2D eigenvalue weighted by Crippen LogP contribution is -2.27. The molecule has 2 heterocycles. The van der Waals surface area contributed by atoms with Crippen molar-refractivity contribution >= 4 is 5.91 Å². The second-order valence-corrected chi connectivity index (χ2v) is 5.75. The molecule has 0 saturated carbocycles. The number of aryl methyl sites for hydroxylation is 4. The van der Waals surface area contributed by atoms with Gasteiger partial charge in [0.25, 0.3) is 0 Å². The summed E-state index contributed by atoms with van der Waals surface area (Å²) < 4.78 is 3.79. The molecule has 22 heavy (non-hydrogen) atoms. The molecule has 6 heteroatoms. The van der Waals surface area contributed by atoms with Gasteiger partial charge in [-0.1, -0.05) is 0 Å². The molecular formula is C16H25N5O. The molecule has 120 valence electrons. The molecule has 6 nitrogen and oxygen atoms in total. The highest BCUT2D eigenvalue weighted by molar-refractivity contribution is 5.75. The number of aromatic nitrogens is 4. The molecule has 0 radical (unpaired) electrons. The van der Waals surface area contributed by atoms with Crippen LogP contribution in [0.1, 0.15) is 35.9 Å². The fourth-order valence-electron chi connectivity index (χ4n) is 2.59. The minimum absolute atomic E-state index is 0.121. The quantitative estimate of drug-likeness (QED) is 0.821. The van der Waals surface area contributed by atoms with Crippen LogP contribution in [0.2, 0.25) is 0 Å².